The number of hydrogen-bond donors (Lipinski definition) is 0. The van der Waals surface area contributed by atoms with Crippen LogP contribution >= 0.6 is 0 Å². The van der Waals surface area contributed by atoms with Crippen molar-refractivity contribution in [2.24, 2.45) is 0 Å². The predicted molar refractivity (Wildman–Crippen MR) is 93.8 cm³/mol. The summed E-state index contributed by atoms with van der Waals surface area (Å²) in [6, 6.07) is 8.43. The number of aryl methyl sites for hydroxylation is 1. The highest BCUT2D eigenvalue weighted by Gasteiger charge is 2.10. The van der Waals surface area contributed by atoms with Crippen LogP contribution in [0.4, 0.5) is 5.69 Å². The van der Waals surface area contributed by atoms with Gasteiger partial charge in [0.1, 0.15) is 0 Å². The molecule has 0 saturated carbocycles. The molecule has 1 aromatic heterocycles. The Morgan fingerprint density at radius 1 is 1.17 bits per heavy atom. The van der Waals surface area contributed by atoms with E-state index in [0.29, 0.717) is 5.56 Å². The lowest BCUT2D eigenvalue weighted by molar-refractivity contribution is 0.104. The van der Waals surface area contributed by atoms with Crippen LogP contribution in [0.5, 0.6) is 0 Å². The van der Waals surface area contributed by atoms with Crippen molar-refractivity contribution in [1.82, 2.24) is 9.78 Å². The van der Waals surface area contributed by atoms with Crippen LogP contribution in [0.2, 0.25) is 0 Å². The highest BCUT2D eigenvalue weighted by Crippen LogP contribution is 2.20. The maximum absolute atomic E-state index is 12.1. The molecule has 0 atom stereocenters. The van der Waals surface area contributed by atoms with E-state index in [1.165, 1.54) is 24.9 Å². The third-order valence-corrected chi connectivity index (χ3v) is 4.28. The molecule has 0 spiro atoms. The number of carbonyl (C=O) groups excluding carboxylic acids is 1. The van der Waals surface area contributed by atoms with E-state index in [1.54, 1.807) is 23.2 Å². The molecular formula is C19H23N3O. The van der Waals surface area contributed by atoms with E-state index in [1.807, 2.05) is 13.0 Å². The molecule has 1 saturated heterocycles. The lowest BCUT2D eigenvalue weighted by Gasteiger charge is -2.28. The summed E-state index contributed by atoms with van der Waals surface area (Å²) in [6.45, 7) is 5.07. The van der Waals surface area contributed by atoms with Crippen LogP contribution in [0.15, 0.2) is 42.7 Å². The van der Waals surface area contributed by atoms with Crippen LogP contribution in [0, 0.1) is 0 Å². The zero-order valence-electron chi connectivity index (χ0n) is 13.6. The number of allylic oxidation sites excluding steroid dienone is 1. The molecule has 0 bridgehead atoms. The second kappa shape index (κ2) is 7.27. The number of anilines is 1. The van der Waals surface area contributed by atoms with Gasteiger partial charge in [0, 0.05) is 31.5 Å². The van der Waals surface area contributed by atoms with Gasteiger partial charge < -0.3 is 4.90 Å². The maximum atomic E-state index is 12.1. The first kappa shape index (κ1) is 15.5. The fourth-order valence-electron chi connectivity index (χ4n) is 2.88. The lowest BCUT2D eigenvalue weighted by atomic mass is 10.1. The first-order valence-corrected chi connectivity index (χ1v) is 8.36. The highest BCUT2D eigenvalue weighted by molar-refractivity contribution is 6.06. The molecule has 0 amide bonds. The molecule has 0 radical (unpaired) electrons. The summed E-state index contributed by atoms with van der Waals surface area (Å²) in [4.78, 5) is 14.5. The van der Waals surface area contributed by atoms with Gasteiger partial charge in [0.25, 0.3) is 0 Å². The van der Waals surface area contributed by atoms with Crippen LogP contribution in [0.25, 0.3) is 6.08 Å². The molecule has 4 nitrogen and oxygen atoms in total. The van der Waals surface area contributed by atoms with E-state index < -0.39 is 0 Å². The largest absolute Gasteiger partial charge is 0.372 e. The van der Waals surface area contributed by atoms with Crippen molar-refractivity contribution in [3.8, 4) is 0 Å². The van der Waals surface area contributed by atoms with Crippen LogP contribution in [0.1, 0.15) is 42.1 Å². The minimum atomic E-state index is -0.00944. The summed E-state index contributed by atoms with van der Waals surface area (Å²) in [5, 5.41) is 4.13. The molecule has 120 valence electrons. The SMILES string of the molecule is CCn1cc(C(=O)/C=C/c2ccc(N3CCCCC3)cc2)cn1. The molecule has 2 aromatic rings. The molecule has 0 N–H and O–H groups in total. The van der Waals surface area contributed by atoms with Crippen LogP contribution in [-0.2, 0) is 6.54 Å². The number of ketones is 1. The number of piperidine rings is 1. The van der Waals surface area contributed by atoms with Gasteiger partial charge >= 0.3 is 0 Å². The highest BCUT2D eigenvalue weighted by atomic mass is 16.1. The Balaban J connectivity index is 1.64. The maximum Gasteiger partial charge on any atom is 0.189 e. The first-order chi connectivity index (χ1) is 11.3. The van der Waals surface area contributed by atoms with Crippen molar-refractivity contribution in [1.29, 1.82) is 0 Å². The molecule has 1 fully saturated rings. The second-order valence-electron chi connectivity index (χ2n) is 5.92. The van der Waals surface area contributed by atoms with Crippen molar-refractivity contribution in [3.63, 3.8) is 0 Å². The number of aromatic nitrogens is 2. The molecule has 23 heavy (non-hydrogen) atoms. The fourth-order valence-corrected chi connectivity index (χ4v) is 2.88. The van der Waals surface area contributed by atoms with E-state index in [-0.39, 0.29) is 5.78 Å². The Bertz CT molecular complexity index is 679. The number of rotatable bonds is 5. The minimum Gasteiger partial charge on any atom is -0.372 e. The van der Waals surface area contributed by atoms with Gasteiger partial charge in [-0.3, -0.25) is 9.48 Å². The Hall–Kier alpha value is -2.36. The third-order valence-electron chi connectivity index (χ3n) is 4.28. The average molecular weight is 309 g/mol. The van der Waals surface area contributed by atoms with E-state index in [2.05, 4.69) is 34.3 Å². The van der Waals surface area contributed by atoms with Gasteiger partial charge in [0.05, 0.1) is 11.8 Å². The van der Waals surface area contributed by atoms with E-state index in [9.17, 15) is 4.79 Å². The normalized spacial score (nSPS) is 15.3. The molecule has 1 aromatic carbocycles. The Kier molecular flexibility index (Phi) is 4.91. The zero-order chi connectivity index (χ0) is 16.1. The van der Waals surface area contributed by atoms with E-state index >= 15 is 0 Å². The summed E-state index contributed by atoms with van der Waals surface area (Å²) >= 11 is 0. The van der Waals surface area contributed by atoms with Crippen LogP contribution in [-0.4, -0.2) is 28.7 Å². The molecular weight excluding hydrogens is 286 g/mol. The van der Waals surface area contributed by atoms with Crippen molar-refractivity contribution in [3.05, 3.63) is 53.9 Å². The number of nitrogens with zero attached hydrogens (tertiary/aromatic N) is 3. The number of carbonyl (C=O) groups is 1. The Labute approximate surface area is 137 Å². The third kappa shape index (κ3) is 3.89. The van der Waals surface area contributed by atoms with Gasteiger partial charge in [-0.2, -0.15) is 5.10 Å². The number of benzene rings is 1. The lowest BCUT2D eigenvalue weighted by Crippen LogP contribution is -2.29. The van der Waals surface area contributed by atoms with Gasteiger partial charge in [-0.15, -0.1) is 0 Å². The smallest absolute Gasteiger partial charge is 0.189 e. The minimum absolute atomic E-state index is 0.00944. The van der Waals surface area contributed by atoms with E-state index in [4.69, 9.17) is 0 Å². The van der Waals surface area contributed by atoms with Crippen molar-refractivity contribution >= 4 is 17.5 Å². The Morgan fingerprint density at radius 3 is 2.57 bits per heavy atom. The molecule has 2 heterocycles. The second-order valence-corrected chi connectivity index (χ2v) is 5.92. The summed E-state index contributed by atoms with van der Waals surface area (Å²) in [5.41, 5.74) is 2.95. The monoisotopic (exact) mass is 309 g/mol. The van der Waals surface area contributed by atoms with Crippen molar-refractivity contribution in [2.75, 3.05) is 18.0 Å². The van der Waals surface area contributed by atoms with Gasteiger partial charge in [-0.05, 0) is 50.0 Å². The fraction of sp³-hybridized carbons (Fsp3) is 0.368. The predicted octanol–water partition coefficient (Wildman–Crippen LogP) is 3.79. The quantitative estimate of drug-likeness (QED) is 0.623. The van der Waals surface area contributed by atoms with Gasteiger partial charge in [-0.1, -0.05) is 18.2 Å². The van der Waals surface area contributed by atoms with Gasteiger partial charge in [0.2, 0.25) is 0 Å². The molecule has 0 unspecified atom stereocenters. The van der Waals surface area contributed by atoms with Crippen LogP contribution in [0.3, 0.4) is 0 Å². The summed E-state index contributed by atoms with van der Waals surface area (Å²) in [5.74, 6) is -0.00944. The summed E-state index contributed by atoms with van der Waals surface area (Å²) < 4.78 is 1.76. The molecule has 1 aliphatic heterocycles. The van der Waals surface area contributed by atoms with Crippen molar-refractivity contribution in [2.45, 2.75) is 32.7 Å². The van der Waals surface area contributed by atoms with Gasteiger partial charge in [-0.25, -0.2) is 0 Å². The zero-order valence-corrected chi connectivity index (χ0v) is 13.6. The standard InChI is InChI=1S/C19H23N3O/c1-2-22-15-17(14-20-22)19(23)11-8-16-6-9-18(10-7-16)21-12-4-3-5-13-21/h6-11,14-15H,2-5,12-13H2,1H3/b11-8+. The summed E-state index contributed by atoms with van der Waals surface area (Å²) in [6.07, 6.45) is 10.8. The molecule has 1 aliphatic rings. The molecule has 4 heteroatoms. The average Bonchev–Trinajstić information content (AvgIpc) is 3.10. The number of hydrogen-bond acceptors (Lipinski definition) is 3. The topological polar surface area (TPSA) is 38.1 Å². The molecule has 0 aliphatic carbocycles. The van der Waals surface area contributed by atoms with Crippen LogP contribution < -0.4 is 4.90 Å². The molecule has 3 rings (SSSR count). The van der Waals surface area contributed by atoms with Crippen molar-refractivity contribution < 1.29 is 4.79 Å². The Morgan fingerprint density at radius 2 is 1.91 bits per heavy atom. The van der Waals surface area contributed by atoms with Gasteiger partial charge in [0.15, 0.2) is 5.78 Å². The van der Waals surface area contributed by atoms with E-state index in [0.717, 1.165) is 25.2 Å². The first-order valence-electron chi connectivity index (χ1n) is 8.36. The summed E-state index contributed by atoms with van der Waals surface area (Å²) in [7, 11) is 0.